The highest BCUT2D eigenvalue weighted by Crippen LogP contribution is 2.32. The van der Waals surface area contributed by atoms with Gasteiger partial charge in [-0.25, -0.2) is 0 Å². The summed E-state index contributed by atoms with van der Waals surface area (Å²) < 4.78 is 0. The fraction of sp³-hybridized carbons (Fsp3) is 0.333. The molecule has 2 fully saturated rings. The van der Waals surface area contributed by atoms with Gasteiger partial charge in [-0.3, -0.25) is 14.5 Å². The van der Waals surface area contributed by atoms with Gasteiger partial charge in [-0.1, -0.05) is 30.3 Å². The van der Waals surface area contributed by atoms with Crippen LogP contribution in [0.1, 0.15) is 28.1 Å². The van der Waals surface area contributed by atoms with Gasteiger partial charge in [-0.05, 0) is 47.2 Å². The highest BCUT2D eigenvalue weighted by Gasteiger charge is 2.31. The van der Waals surface area contributed by atoms with Gasteiger partial charge >= 0.3 is 0 Å². The Labute approximate surface area is 180 Å². The second kappa shape index (κ2) is 8.20. The number of hydrogen-bond acceptors (Lipinski definition) is 4. The molecule has 3 aromatic rings. The first-order valence-electron chi connectivity index (χ1n) is 10.5. The van der Waals surface area contributed by atoms with E-state index in [-0.39, 0.29) is 17.7 Å². The van der Waals surface area contributed by atoms with E-state index >= 15 is 0 Å². The van der Waals surface area contributed by atoms with Crippen LogP contribution in [0.5, 0.6) is 0 Å². The molecule has 0 radical (unpaired) electrons. The van der Waals surface area contributed by atoms with Gasteiger partial charge in [-0.2, -0.15) is 0 Å². The van der Waals surface area contributed by atoms with E-state index in [1.807, 2.05) is 41.3 Å². The third-order valence-corrected chi connectivity index (χ3v) is 6.80. The third kappa shape index (κ3) is 4.11. The molecular formula is C24H25N3O2S. The van der Waals surface area contributed by atoms with Gasteiger partial charge < -0.3 is 10.2 Å². The predicted octanol–water partition coefficient (Wildman–Crippen LogP) is 4.21. The molecule has 1 aromatic heterocycles. The van der Waals surface area contributed by atoms with Gasteiger partial charge in [0.1, 0.15) is 0 Å². The molecule has 2 aliphatic rings. The quantitative estimate of drug-likeness (QED) is 0.674. The van der Waals surface area contributed by atoms with E-state index in [4.69, 9.17) is 0 Å². The molecule has 6 heteroatoms. The lowest BCUT2D eigenvalue weighted by Crippen LogP contribution is -2.48. The zero-order valence-electron chi connectivity index (χ0n) is 16.8. The van der Waals surface area contributed by atoms with Crippen molar-refractivity contribution in [1.29, 1.82) is 0 Å². The average Bonchev–Trinajstić information content (AvgIpc) is 3.51. The number of carbonyl (C=O) groups is 2. The third-order valence-electron chi connectivity index (χ3n) is 5.94. The molecule has 5 rings (SSSR count). The fourth-order valence-corrected chi connectivity index (χ4v) is 4.75. The fourth-order valence-electron chi connectivity index (χ4n) is 4.00. The van der Waals surface area contributed by atoms with E-state index in [0.29, 0.717) is 24.3 Å². The number of piperazine rings is 1. The molecule has 1 aliphatic carbocycles. The molecule has 1 saturated heterocycles. The van der Waals surface area contributed by atoms with E-state index in [1.165, 1.54) is 4.88 Å². The molecule has 2 amide bonds. The van der Waals surface area contributed by atoms with E-state index in [9.17, 15) is 9.59 Å². The normalized spacial score (nSPS) is 17.3. The summed E-state index contributed by atoms with van der Waals surface area (Å²) in [6.45, 7) is 4.07. The minimum atomic E-state index is 0.00243. The Bertz CT molecular complexity index is 1070. The van der Waals surface area contributed by atoms with Gasteiger partial charge in [0.25, 0.3) is 5.91 Å². The topological polar surface area (TPSA) is 52.7 Å². The summed E-state index contributed by atoms with van der Waals surface area (Å²) in [5.74, 6) is 0.128. The zero-order chi connectivity index (χ0) is 20.5. The molecule has 5 nitrogen and oxygen atoms in total. The molecule has 0 spiro atoms. The maximum atomic E-state index is 13.4. The molecule has 2 aromatic carbocycles. The molecule has 0 atom stereocenters. The molecule has 30 heavy (non-hydrogen) atoms. The second-order valence-corrected chi connectivity index (χ2v) is 9.19. The first-order chi connectivity index (χ1) is 14.7. The van der Waals surface area contributed by atoms with Gasteiger partial charge in [0.05, 0.1) is 11.3 Å². The number of thiophene rings is 1. The lowest BCUT2D eigenvalue weighted by molar-refractivity contribution is -0.117. The summed E-state index contributed by atoms with van der Waals surface area (Å²) in [5, 5.41) is 7.18. The number of nitrogens with zero attached hydrogens (tertiary/aromatic N) is 2. The number of hydrogen-bond donors (Lipinski definition) is 1. The van der Waals surface area contributed by atoms with Gasteiger partial charge in [-0.15, -0.1) is 11.3 Å². The van der Waals surface area contributed by atoms with Crippen molar-refractivity contribution in [2.24, 2.45) is 5.92 Å². The lowest BCUT2D eigenvalue weighted by atomic mass is 10.0. The zero-order valence-corrected chi connectivity index (χ0v) is 17.7. The minimum Gasteiger partial charge on any atom is -0.336 e. The summed E-state index contributed by atoms with van der Waals surface area (Å²) in [4.78, 5) is 31.5. The molecule has 154 valence electrons. The SMILES string of the molecule is O=C(Nc1cc2ccccc2cc1C(=O)N1CCN(Cc2cccs2)CC1)C1CC1. The van der Waals surface area contributed by atoms with E-state index < -0.39 is 0 Å². The monoisotopic (exact) mass is 419 g/mol. The summed E-state index contributed by atoms with van der Waals surface area (Å²) in [5.41, 5.74) is 1.23. The van der Waals surface area contributed by atoms with Crippen molar-refractivity contribution in [2.75, 3.05) is 31.5 Å². The first-order valence-corrected chi connectivity index (χ1v) is 11.4. The molecule has 1 saturated carbocycles. The number of rotatable bonds is 5. The van der Waals surface area contributed by atoms with Crippen LogP contribution in [0.25, 0.3) is 10.8 Å². The minimum absolute atomic E-state index is 0.00243. The number of amides is 2. The van der Waals surface area contributed by atoms with Crippen LogP contribution in [-0.4, -0.2) is 47.8 Å². The summed E-state index contributed by atoms with van der Waals surface area (Å²) in [6, 6.07) is 16.1. The van der Waals surface area contributed by atoms with Crippen LogP contribution in [-0.2, 0) is 11.3 Å². The molecule has 0 unspecified atom stereocenters. The van der Waals surface area contributed by atoms with E-state index in [1.54, 1.807) is 11.3 Å². The van der Waals surface area contributed by atoms with Crippen molar-refractivity contribution in [2.45, 2.75) is 19.4 Å². The van der Waals surface area contributed by atoms with Crippen molar-refractivity contribution < 1.29 is 9.59 Å². The van der Waals surface area contributed by atoms with Crippen molar-refractivity contribution in [3.63, 3.8) is 0 Å². The average molecular weight is 420 g/mol. The van der Waals surface area contributed by atoms with Crippen molar-refractivity contribution in [3.05, 3.63) is 64.4 Å². The van der Waals surface area contributed by atoms with Crippen LogP contribution in [0, 0.1) is 5.92 Å². The van der Waals surface area contributed by atoms with Crippen molar-refractivity contribution in [1.82, 2.24) is 9.80 Å². The van der Waals surface area contributed by atoms with Crippen LogP contribution in [0.15, 0.2) is 53.9 Å². The Hall–Kier alpha value is -2.70. The summed E-state index contributed by atoms with van der Waals surface area (Å²) in [6.07, 6.45) is 1.88. The summed E-state index contributed by atoms with van der Waals surface area (Å²) in [7, 11) is 0. The van der Waals surface area contributed by atoms with E-state index in [2.05, 4.69) is 27.7 Å². The smallest absolute Gasteiger partial charge is 0.256 e. The van der Waals surface area contributed by atoms with Gasteiger partial charge in [0.15, 0.2) is 0 Å². The molecule has 2 heterocycles. The Morgan fingerprint density at radius 2 is 1.70 bits per heavy atom. The van der Waals surface area contributed by atoms with Crippen LogP contribution in [0.4, 0.5) is 5.69 Å². The highest BCUT2D eigenvalue weighted by molar-refractivity contribution is 7.09. The number of benzene rings is 2. The maximum absolute atomic E-state index is 13.4. The van der Waals surface area contributed by atoms with Crippen LogP contribution >= 0.6 is 11.3 Å². The number of fused-ring (bicyclic) bond motifs is 1. The Balaban J connectivity index is 1.35. The Morgan fingerprint density at radius 1 is 0.967 bits per heavy atom. The molecule has 1 aliphatic heterocycles. The standard InChI is InChI=1S/C24H25N3O2S/c28-23(17-7-8-17)25-22-15-19-5-2-1-4-18(19)14-21(22)24(29)27-11-9-26(10-12-27)16-20-6-3-13-30-20/h1-6,13-15,17H,7-12,16H2,(H,25,28). The number of carbonyl (C=O) groups excluding carboxylic acids is 2. The molecule has 0 bridgehead atoms. The lowest BCUT2D eigenvalue weighted by Gasteiger charge is -2.35. The van der Waals surface area contributed by atoms with Gasteiger partial charge in [0, 0.05) is 43.5 Å². The predicted molar refractivity (Wildman–Crippen MR) is 121 cm³/mol. The number of anilines is 1. The molecular weight excluding hydrogens is 394 g/mol. The van der Waals surface area contributed by atoms with Crippen molar-refractivity contribution >= 4 is 39.6 Å². The maximum Gasteiger partial charge on any atom is 0.256 e. The number of nitrogens with one attached hydrogen (secondary N) is 1. The first kappa shape index (κ1) is 19.3. The van der Waals surface area contributed by atoms with E-state index in [0.717, 1.165) is 43.2 Å². The largest absolute Gasteiger partial charge is 0.336 e. The Morgan fingerprint density at radius 3 is 2.37 bits per heavy atom. The highest BCUT2D eigenvalue weighted by atomic mass is 32.1. The van der Waals surface area contributed by atoms with Crippen molar-refractivity contribution in [3.8, 4) is 0 Å². The van der Waals surface area contributed by atoms with Gasteiger partial charge in [0.2, 0.25) is 5.91 Å². The summed E-state index contributed by atoms with van der Waals surface area (Å²) >= 11 is 1.77. The second-order valence-electron chi connectivity index (χ2n) is 8.16. The van der Waals surface area contributed by atoms with Crippen LogP contribution in [0.2, 0.25) is 0 Å². The molecule has 1 N–H and O–H groups in total. The van der Waals surface area contributed by atoms with Crippen LogP contribution in [0.3, 0.4) is 0 Å². The van der Waals surface area contributed by atoms with Crippen LogP contribution < -0.4 is 5.32 Å². The Kier molecular flexibility index (Phi) is 5.27.